The number of fused-ring (bicyclic) bond motifs is 1. The summed E-state index contributed by atoms with van der Waals surface area (Å²) in [5, 5.41) is 8.55. The van der Waals surface area contributed by atoms with Crippen LogP contribution in [0.3, 0.4) is 0 Å². The third-order valence-electron chi connectivity index (χ3n) is 5.71. The Kier molecular flexibility index (Phi) is 3.29. The zero-order chi connectivity index (χ0) is 13.5. The van der Waals surface area contributed by atoms with Gasteiger partial charge in [-0.25, -0.2) is 4.98 Å². The fraction of sp³-hybridized carbons (Fsp3) is 0.875. The highest BCUT2D eigenvalue weighted by Gasteiger charge is 2.38. The van der Waals surface area contributed by atoms with E-state index in [0.717, 1.165) is 17.8 Å². The Morgan fingerprint density at radius 3 is 2.60 bits per heavy atom. The maximum atomic E-state index is 4.92. The molecule has 2 heterocycles. The second kappa shape index (κ2) is 5.14. The first-order chi connectivity index (χ1) is 9.81. The van der Waals surface area contributed by atoms with Crippen LogP contribution in [0.25, 0.3) is 0 Å². The summed E-state index contributed by atoms with van der Waals surface area (Å²) in [6, 6.07) is 1.18. The molecule has 0 aromatic carbocycles. The molecular weight excluding hydrogens is 248 g/mol. The van der Waals surface area contributed by atoms with Crippen LogP contribution in [0.2, 0.25) is 0 Å². The van der Waals surface area contributed by atoms with Gasteiger partial charge in [0.2, 0.25) is 0 Å². The summed E-state index contributed by atoms with van der Waals surface area (Å²) in [7, 11) is 2.07. The van der Waals surface area contributed by atoms with Crippen LogP contribution < -0.4 is 5.32 Å². The first-order valence-corrected chi connectivity index (χ1v) is 8.48. The summed E-state index contributed by atoms with van der Waals surface area (Å²) < 4.78 is 2.04. The van der Waals surface area contributed by atoms with Crippen LogP contribution in [0.5, 0.6) is 0 Å². The molecule has 0 radical (unpaired) electrons. The molecule has 4 rings (SSSR count). The number of nitrogens with zero attached hydrogens (tertiary/aromatic N) is 3. The van der Waals surface area contributed by atoms with Crippen LogP contribution in [-0.4, -0.2) is 20.8 Å². The summed E-state index contributed by atoms with van der Waals surface area (Å²) in [4.78, 5) is 4.92. The topological polar surface area (TPSA) is 42.7 Å². The van der Waals surface area contributed by atoms with Gasteiger partial charge in [0, 0.05) is 19.0 Å². The van der Waals surface area contributed by atoms with Crippen molar-refractivity contribution in [1.82, 2.24) is 20.1 Å². The molecule has 0 bridgehead atoms. The third-order valence-corrected chi connectivity index (χ3v) is 5.71. The van der Waals surface area contributed by atoms with Gasteiger partial charge in [0.25, 0.3) is 0 Å². The molecule has 1 aliphatic heterocycles. The molecule has 3 aliphatic rings. The van der Waals surface area contributed by atoms with Crippen LogP contribution in [-0.2, 0) is 7.05 Å². The second-order valence-corrected chi connectivity index (χ2v) is 7.04. The van der Waals surface area contributed by atoms with E-state index in [1.807, 2.05) is 4.68 Å². The van der Waals surface area contributed by atoms with Gasteiger partial charge in [0.1, 0.15) is 5.82 Å². The van der Waals surface area contributed by atoms with E-state index in [2.05, 4.69) is 12.4 Å². The van der Waals surface area contributed by atoms with Gasteiger partial charge in [0.15, 0.2) is 5.82 Å². The molecule has 4 nitrogen and oxygen atoms in total. The van der Waals surface area contributed by atoms with Crippen LogP contribution >= 0.6 is 0 Å². The molecule has 0 amide bonds. The molecule has 4 heteroatoms. The zero-order valence-electron chi connectivity index (χ0n) is 12.5. The van der Waals surface area contributed by atoms with Gasteiger partial charge in [-0.2, -0.15) is 5.10 Å². The fourth-order valence-corrected chi connectivity index (χ4v) is 4.60. The lowest BCUT2D eigenvalue weighted by molar-refractivity contribution is 0.325. The Bertz CT molecular complexity index is 461. The number of hydrogen-bond donors (Lipinski definition) is 1. The summed E-state index contributed by atoms with van der Waals surface area (Å²) >= 11 is 0. The number of rotatable bonds is 2. The van der Waals surface area contributed by atoms with Crippen molar-refractivity contribution in [3.8, 4) is 0 Å². The fourth-order valence-electron chi connectivity index (χ4n) is 4.60. The Balaban J connectivity index is 1.53. The SMILES string of the molecule is Cn1nc(C2CCCC2)nc1C1CC2CCCCC2N1. The van der Waals surface area contributed by atoms with E-state index in [0.29, 0.717) is 12.0 Å². The standard InChI is InChI=1S/C16H26N4/c1-20-16(18-15(19-20)11-6-2-3-7-11)14-10-12-8-4-5-9-13(12)17-14/h11-14,17H,2-10H2,1H3. The van der Waals surface area contributed by atoms with E-state index in [4.69, 9.17) is 10.1 Å². The molecule has 3 fully saturated rings. The molecule has 20 heavy (non-hydrogen) atoms. The van der Waals surface area contributed by atoms with Gasteiger partial charge >= 0.3 is 0 Å². The van der Waals surface area contributed by atoms with E-state index in [-0.39, 0.29) is 0 Å². The van der Waals surface area contributed by atoms with Crippen molar-refractivity contribution < 1.29 is 0 Å². The lowest BCUT2D eigenvalue weighted by Crippen LogP contribution is -2.31. The van der Waals surface area contributed by atoms with Crippen molar-refractivity contribution in [2.75, 3.05) is 0 Å². The first-order valence-electron chi connectivity index (χ1n) is 8.48. The molecule has 0 spiro atoms. The van der Waals surface area contributed by atoms with E-state index in [1.54, 1.807) is 0 Å². The van der Waals surface area contributed by atoms with E-state index in [1.165, 1.54) is 63.6 Å². The lowest BCUT2D eigenvalue weighted by Gasteiger charge is -2.24. The normalized spacial score (nSPS) is 34.5. The van der Waals surface area contributed by atoms with Gasteiger partial charge in [-0.15, -0.1) is 0 Å². The maximum Gasteiger partial charge on any atom is 0.154 e. The van der Waals surface area contributed by atoms with Gasteiger partial charge in [-0.05, 0) is 38.0 Å². The average molecular weight is 274 g/mol. The minimum atomic E-state index is 0.441. The molecule has 3 unspecified atom stereocenters. The van der Waals surface area contributed by atoms with Crippen molar-refractivity contribution in [2.45, 2.75) is 75.8 Å². The molecule has 1 N–H and O–H groups in total. The van der Waals surface area contributed by atoms with Gasteiger partial charge < -0.3 is 5.32 Å². The number of aryl methyl sites for hydroxylation is 1. The second-order valence-electron chi connectivity index (χ2n) is 7.04. The van der Waals surface area contributed by atoms with Crippen LogP contribution in [0.1, 0.15) is 81.4 Å². The summed E-state index contributed by atoms with van der Waals surface area (Å²) in [6.45, 7) is 0. The van der Waals surface area contributed by atoms with Crippen molar-refractivity contribution in [1.29, 1.82) is 0 Å². The molecule has 1 aromatic rings. The lowest BCUT2D eigenvalue weighted by atomic mass is 9.85. The van der Waals surface area contributed by atoms with Crippen LogP contribution in [0.15, 0.2) is 0 Å². The maximum absolute atomic E-state index is 4.92. The van der Waals surface area contributed by atoms with Gasteiger partial charge in [0.05, 0.1) is 6.04 Å². The largest absolute Gasteiger partial charge is 0.304 e. The average Bonchev–Trinajstić information content (AvgIpc) is 3.16. The molecule has 1 aromatic heterocycles. The Hall–Kier alpha value is -0.900. The predicted octanol–water partition coefficient (Wildman–Crippen LogP) is 3.07. The monoisotopic (exact) mass is 274 g/mol. The summed E-state index contributed by atoms with van der Waals surface area (Å²) in [5.41, 5.74) is 0. The Morgan fingerprint density at radius 1 is 1.05 bits per heavy atom. The Labute approximate surface area is 121 Å². The van der Waals surface area contributed by atoms with E-state index >= 15 is 0 Å². The highest BCUT2D eigenvalue weighted by molar-refractivity contribution is 5.08. The third kappa shape index (κ3) is 2.18. The minimum Gasteiger partial charge on any atom is -0.304 e. The molecule has 3 atom stereocenters. The van der Waals surface area contributed by atoms with Crippen molar-refractivity contribution in [3.63, 3.8) is 0 Å². The molecule has 1 saturated heterocycles. The molecule has 110 valence electrons. The molecule has 2 saturated carbocycles. The summed E-state index contributed by atoms with van der Waals surface area (Å²) in [6.07, 6.45) is 12.1. The smallest absolute Gasteiger partial charge is 0.154 e. The molecular formula is C16H26N4. The van der Waals surface area contributed by atoms with Crippen LogP contribution in [0.4, 0.5) is 0 Å². The number of aromatic nitrogens is 3. The van der Waals surface area contributed by atoms with Crippen molar-refractivity contribution >= 4 is 0 Å². The minimum absolute atomic E-state index is 0.441. The quantitative estimate of drug-likeness (QED) is 0.901. The first kappa shape index (κ1) is 12.8. The van der Waals surface area contributed by atoms with Crippen molar-refractivity contribution in [3.05, 3.63) is 11.6 Å². The number of hydrogen-bond acceptors (Lipinski definition) is 3. The van der Waals surface area contributed by atoms with Gasteiger partial charge in [-0.3, -0.25) is 4.68 Å². The number of nitrogens with one attached hydrogen (secondary N) is 1. The molecule has 2 aliphatic carbocycles. The zero-order valence-corrected chi connectivity index (χ0v) is 12.5. The summed E-state index contributed by atoms with van der Waals surface area (Å²) in [5.74, 6) is 3.79. The van der Waals surface area contributed by atoms with Crippen molar-refractivity contribution in [2.24, 2.45) is 13.0 Å². The van der Waals surface area contributed by atoms with Crippen LogP contribution in [0, 0.1) is 5.92 Å². The van der Waals surface area contributed by atoms with E-state index in [9.17, 15) is 0 Å². The van der Waals surface area contributed by atoms with E-state index < -0.39 is 0 Å². The van der Waals surface area contributed by atoms with Gasteiger partial charge in [-0.1, -0.05) is 25.7 Å². The highest BCUT2D eigenvalue weighted by Crippen LogP contribution is 2.39. The predicted molar refractivity (Wildman–Crippen MR) is 78.5 cm³/mol. The Morgan fingerprint density at radius 2 is 1.80 bits per heavy atom. The highest BCUT2D eigenvalue weighted by atomic mass is 15.3.